The molecule has 0 amide bonds. The molecule has 26 heavy (non-hydrogen) atoms. The van der Waals surface area contributed by atoms with E-state index in [0.29, 0.717) is 13.2 Å². The number of benzene rings is 1. The van der Waals surface area contributed by atoms with E-state index in [4.69, 9.17) is 14.2 Å². The molecule has 0 N–H and O–H groups in total. The number of hydrogen-bond acceptors (Lipinski definition) is 3. The predicted molar refractivity (Wildman–Crippen MR) is 99.4 cm³/mol. The van der Waals surface area contributed by atoms with Crippen LogP contribution < -0.4 is 9.30 Å². The van der Waals surface area contributed by atoms with Crippen LogP contribution in [0.5, 0.6) is 5.75 Å². The summed E-state index contributed by atoms with van der Waals surface area (Å²) in [4.78, 5) is 0. The Morgan fingerprint density at radius 1 is 1.00 bits per heavy atom. The van der Waals surface area contributed by atoms with E-state index in [9.17, 15) is 0 Å². The first-order valence-electron chi connectivity index (χ1n) is 9.47. The standard InChI is InChI=1S/C22H28NO3/c1-6-25-22(26-7-2)19-16-12-11-15(24-5)14-17(16)20(21(22,3)4)23-13-9-8-10-18(19)23/h8-14,19-20H,6-7H2,1-5H3/q+1/t19-,20-/m0/s1. The summed E-state index contributed by atoms with van der Waals surface area (Å²) in [5, 5.41) is 0. The number of ether oxygens (including phenoxy) is 3. The molecule has 4 nitrogen and oxygen atoms in total. The molecule has 2 bridgehead atoms. The van der Waals surface area contributed by atoms with Gasteiger partial charge in [0.2, 0.25) is 0 Å². The summed E-state index contributed by atoms with van der Waals surface area (Å²) in [5.41, 5.74) is 3.58. The van der Waals surface area contributed by atoms with Crippen LogP contribution in [0, 0.1) is 5.41 Å². The van der Waals surface area contributed by atoms with Crippen LogP contribution in [0.2, 0.25) is 0 Å². The summed E-state index contributed by atoms with van der Waals surface area (Å²) in [7, 11) is 1.72. The second-order valence-electron chi connectivity index (χ2n) is 7.62. The van der Waals surface area contributed by atoms with Gasteiger partial charge in [0.05, 0.1) is 12.5 Å². The third-order valence-electron chi connectivity index (χ3n) is 6.08. The van der Waals surface area contributed by atoms with E-state index in [1.807, 2.05) is 19.9 Å². The number of hydrogen-bond donors (Lipinski definition) is 0. The minimum atomic E-state index is -0.690. The average Bonchev–Trinajstić information content (AvgIpc) is 2.64. The van der Waals surface area contributed by atoms with E-state index >= 15 is 0 Å². The number of fused-ring (bicyclic) bond motifs is 1. The fourth-order valence-electron chi connectivity index (χ4n) is 5.15. The summed E-state index contributed by atoms with van der Waals surface area (Å²) in [6.45, 7) is 9.86. The Morgan fingerprint density at radius 3 is 2.38 bits per heavy atom. The first kappa shape index (κ1) is 17.5. The van der Waals surface area contributed by atoms with Gasteiger partial charge in [0, 0.05) is 30.9 Å². The fraction of sp³-hybridized carbons (Fsp3) is 0.500. The molecular weight excluding hydrogens is 326 g/mol. The van der Waals surface area contributed by atoms with Crippen molar-refractivity contribution in [3.63, 3.8) is 0 Å². The Morgan fingerprint density at radius 2 is 1.73 bits per heavy atom. The fourth-order valence-corrected chi connectivity index (χ4v) is 5.15. The molecule has 2 atom stereocenters. The summed E-state index contributed by atoms with van der Waals surface area (Å²) in [6, 6.07) is 12.9. The highest BCUT2D eigenvalue weighted by atomic mass is 16.7. The molecule has 0 saturated heterocycles. The quantitative estimate of drug-likeness (QED) is 0.604. The smallest absolute Gasteiger partial charge is 0.196 e. The van der Waals surface area contributed by atoms with E-state index < -0.39 is 5.79 Å². The first-order chi connectivity index (χ1) is 12.5. The Bertz CT molecular complexity index is 824. The van der Waals surface area contributed by atoms with Gasteiger partial charge in [-0.25, -0.2) is 0 Å². The molecule has 3 aliphatic rings. The number of nitrogens with zero attached hydrogens (tertiary/aromatic N) is 1. The van der Waals surface area contributed by atoms with Gasteiger partial charge in [-0.3, -0.25) is 0 Å². The topological polar surface area (TPSA) is 31.6 Å². The Kier molecular flexibility index (Phi) is 4.08. The molecule has 0 fully saturated rings. The molecule has 1 aromatic heterocycles. The highest BCUT2D eigenvalue weighted by Crippen LogP contribution is 2.62. The molecule has 1 aliphatic carbocycles. The second-order valence-corrected chi connectivity index (χ2v) is 7.62. The van der Waals surface area contributed by atoms with E-state index in [0.717, 1.165) is 5.75 Å². The molecule has 0 spiro atoms. The molecule has 0 saturated carbocycles. The van der Waals surface area contributed by atoms with Crippen LogP contribution in [0.4, 0.5) is 0 Å². The van der Waals surface area contributed by atoms with Crippen LogP contribution in [-0.4, -0.2) is 26.1 Å². The summed E-state index contributed by atoms with van der Waals surface area (Å²) in [6.07, 6.45) is 2.18. The lowest BCUT2D eigenvalue weighted by molar-refractivity contribution is -0.755. The minimum Gasteiger partial charge on any atom is -0.497 e. The number of rotatable bonds is 5. The number of methoxy groups -OCH3 is 1. The molecule has 4 heteroatoms. The van der Waals surface area contributed by atoms with Gasteiger partial charge in [-0.1, -0.05) is 12.1 Å². The van der Waals surface area contributed by atoms with E-state index in [1.54, 1.807) is 7.11 Å². The normalized spacial score (nSPS) is 24.0. The van der Waals surface area contributed by atoms with Gasteiger partial charge in [-0.05, 0) is 45.4 Å². The lowest BCUT2D eigenvalue weighted by Crippen LogP contribution is -2.71. The maximum atomic E-state index is 6.46. The molecule has 1 aromatic carbocycles. The number of aromatic nitrogens is 1. The molecule has 5 rings (SSSR count). The lowest BCUT2D eigenvalue weighted by atomic mass is 9.57. The van der Waals surface area contributed by atoms with Gasteiger partial charge < -0.3 is 14.2 Å². The van der Waals surface area contributed by atoms with Crippen molar-refractivity contribution in [2.75, 3.05) is 20.3 Å². The molecular formula is C22H28NO3+. The van der Waals surface area contributed by atoms with Crippen molar-refractivity contribution in [1.82, 2.24) is 0 Å². The summed E-state index contributed by atoms with van der Waals surface area (Å²) >= 11 is 0. The highest BCUT2D eigenvalue weighted by Gasteiger charge is 2.70. The van der Waals surface area contributed by atoms with Crippen molar-refractivity contribution in [2.45, 2.75) is 45.4 Å². The largest absolute Gasteiger partial charge is 0.497 e. The van der Waals surface area contributed by atoms with Gasteiger partial charge >= 0.3 is 0 Å². The van der Waals surface area contributed by atoms with Gasteiger partial charge in [0.15, 0.2) is 23.7 Å². The van der Waals surface area contributed by atoms with Crippen molar-refractivity contribution in [3.05, 3.63) is 59.4 Å². The highest BCUT2D eigenvalue weighted by molar-refractivity contribution is 5.49. The van der Waals surface area contributed by atoms with Gasteiger partial charge in [0.1, 0.15) is 11.7 Å². The minimum absolute atomic E-state index is 0.0181. The van der Waals surface area contributed by atoms with Crippen LogP contribution in [0.1, 0.15) is 56.5 Å². The lowest BCUT2D eigenvalue weighted by Gasteiger charge is -2.57. The van der Waals surface area contributed by atoms with Crippen LogP contribution in [-0.2, 0) is 9.47 Å². The first-order valence-corrected chi connectivity index (χ1v) is 9.47. The van der Waals surface area contributed by atoms with Gasteiger partial charge in [-0.2, -0.15) is 4.57 Å². The third kappa shape index (κ3) is 2.06. The van der Waals surface area contributed by atoms with Crippen LogP contribution in [0.3, 0.4) is 0 Å². The maximum absolute atomic E-state index is 6.46. The van der Waals surface area contributed by atoms with Crippen molar-refractivity contribution >= 4 is 0 Å². The summed E-state index contributed by atoms with van der Waals surface area (Å²) < 4.78 is 20.8. The van der Waals surface area contributed by atoms with Gasteiger partial charge in [0.25, 0.3) is 0 Å². The Labute approximate surface area is 155 Å². The van der Waals surface area contributed by atoms with E-state index in [-0.39, 0.29) is 17.4 Å². The molecule has 2 aromatic rings. The van der Waals surface area contributed by atoms with Gasteiger partial charge in [-0.15, -0.1) is 0 Å². The zero-order valence-electron chi connectivity index (χ0n) is 16.3. The zero-order chi connectivity index (χ0) is 18.5. The van der Waals surface area contributed by atoms with Crippen molar-refractivity contribution in [1.29, 1.82) is 0 Å². The zero-order valence-corrected chi connectivity index (χ0v) is 16.3. The third-order valence-corrected chi connectivity index (χ3v) is 6.08. The van der Waals surface area contributed by atoms with Crippen LogP contribution in [0.15, 0.2) is 42.6 Å². The average molecular weight is 354 g/mol. The monoisotopic (exact) mass is 354 g/mol. The molecule has 3 heterocycles. The summed E-state index contributed by atoms with van der Waals surface area (Å²) in [5.74, 6) is 0.220. The van der Waals surface area contributed by atoms with Crippen LogP contribution in [0.25, 0.3) is 0 Å². The van der Waals surface area contributed by atoms with Crippen molar-refractivity contribution in [2.24, 2.45) is 5.41 Å². The predicted octanol–water partition coefficient (Wildman–Crippen LogP) is 3.83. The molecule has 0 radical (unpaired) electrons. The van der Waals surface area contributed by atoms with E-state index in [1.165, 1.54) is 16.8 Å². The number of pyridine rings is 1. The Hall–Kier alpha value is -1.91. The van der Waals surface area contributed by atoms with Crippen LogP contribution >= 0.6 is 0 Å². The van der Waals surface area contributed by atoms with Crippen molar-refractivity contribution < 1.29 is 18.8 Å². The van der Waals surface area contributed by atoms with Crippen molar-refractivity contribution in [3.8, 4) is 5.75 Å². The molecule has 2 aliphatic heterocycles. The second kappa shape index (κ2) is 6.07. The molecule has 0 unspecified atom stereocenters. The maximum Gasteiger partial charge on any atom is 0.196 e. The Balaban J connectivity index is 2.05. The molecule has 138 valence electrons. The van der Waals surface area contributed by atoms with E-state index in [2.05, 4.69) is 54.9 Å². The SMILES string of the molecule is CCOC1(OCC)[C@H]2c3ccc(OC)cc3[C@H]([n+]3ccccc32)C1(C)C.